The molecule has 0 saturated carbocycles. The first-order chi connectivity index (χ1) is 9.48. The van der Waals surface area contributed by atoms with Gasteiger partial charge in [0.05, 0.1) is 6.04 Å². The molecule has 1 unspecified atom stereocenters. The van der Waals surface area contributed by atoms with E-state index in [1.807, 2.05) is 26.1 Å². The van der Waals surface area contributed by atoms with Crippen molar-refractivity contribution in [3.8, 4) is 5.75 Å². The molecule has 1 aromatic carbocycles. The summed E-state index contributed by atoms with van der Waals surface area (Å²) in [5.74, 6) is 2.89. The number of fused-ring (bicyclic) bond motifs is 1. The Kier molecular flexibility index (Phi) is 3.09. The second-order valence-corrected chi connectivity index (χ2v) is 6.08. The number of ether oxygens (including phenoxy) is 1. The van der Waals surface area contributed by atoms with Crippen LogP contribution in [0.3, 0.4) is 0 Å². The molecule has 1 atom stereocenters. The molecule has 20 heavy (non-hydrogen) atoms. The van der Waals surface area contributed by atoms with Gasteiger partial charge in [0.25, 0.3) is 0 Å². The van der Waals surface area contributed by atoms with Gasteiger partial charge in [0.15, 0.2) is 0 Å². The standard InChI is InChI=1S/C17H21NO2/c1-11-5-7-15(19-11)16(18-4)12-6-8-14-13(9-12)10-17(2,3)20-14/h5-9,16,18H,10H2,1-4H3. The number of hydrogen-bond donors (Lipinski definition) is 1. The zero-order valence-corrected chi connectivity index (χ0v) is 12.5. The van der Waals surface area contributed by atoms with Crippen molar-refractivity contribution in [2.75, 3.05) is 7.05 Å². The molecule has 3 rings (SSSR count). The quantitative estimate of drug-likeness (QED) is 0.926. The van der Waals surface area contributed by atoms with Crippen LogP contribution in [0.25, 0.3) is 0 Å². The Hall–Kier alpha value is -1.74. The molecule has 0 aliphatic carbocycles. The van der Waals surface area contributed by atoms with Crippen molar-refractivity contribution in [3.63, 3.8) is 0 Å². The van der Waals surface area contributed by atoms with Crippen molar-refractivity contribution in [2.45, 2.75) is 38.8 Å². The van der Waals surface area contributed by atoms with Gasteiger partial charge in [-0.3, -0.25) is 0 Å². The van der Waals surface area contributed by atoms with E-state index >= 15 is 0 Å². The lowest BCUT2D eigenvalue weighted by Gasteiger charge is -2.16. The number of hydrogen-bond acceptors (Lipinski definition) is 3. The number of aryl methyl sites for hydroxylation is 1. The van der Waals surface area contributed by atoms with Crippen molar-refractivity contribution in [1.82, 2.24) is 5.32 Å². The van der Waals surface area contributed by atoms with E-state index in [1.165, 1.54) is 11.1 Å². The van der Waals surface area contributed by atoms with Crippen molar-refractivity contribution in [1.29, 1.82) is 0 Å². The molecule has 3 heteroatoms. The molecule has 2 heterocycles. The molecule has 0 fully saturated rings. The number of rotatable bonds is 3. The van der Waals surface area contributed by atoms with E-state index in [2.05, 4.69) is 37.4 Å². The molecule has 1 aromatic heterocycles. The first-order valence-corrected chi connectivity index (χ1v) is 7.04. The Labute approximate surface area is 119 Å². The minimum Gasteiger partial charge on any atom is -0.487 e. The SMILES string of the molecule is CNC(c1ccc2c(c1)CC(C)(C)O2)c1ccc(C)o1. The lowest BCUT2D eigenvalue weighted by atomic mass is 9.97. The summed E-state index contributed by atoms with van der Waals surface area (Å²) in [5.41, 5.74) is 2.38. The van der Waals surface area contributed by atoms with Crippen LogP contribution < -0.4 is 10.1 Å². The van der Waals surface area contributed by atoms with Gasteiger partial charge in [-0.15, -0.1) is 0 Å². The van der Waals surface area contributed by atoms with Gasteiger partial charge in [0, 0.05) is 6.42 Å². The third-order valence-electron chi connectivity index (χ3n) is 3.75. The Morgan fingerprint density at radius 1 is 1.20 bits per heavy atom. The maximum absolute atomic E-state index is 5.93. The fourth-order valence-corrected chi connectivity index (χ4v) is 2.89. The highest BCUT2D eigenvalue weighted by Crippen LogP contribution is 2.37. The third-order valence-corrected chi connectivity index (χ3v) is 3.75. The Morgan fingerprint density at radius 2 is 2.00 bits per heavy atom. The molecular weight excluding hydrogens is 250 g/mol. The second kappa shape index (κ2) is 4.67. The van der Waals surface area contributed by atoms with Crippen LogP contribution in [0.5, 0.6) is 5.75 Å². The minimum absolute atomic E-state index is 0.0812. The largest absolute Gasteiger partial charge is 0.487 e. The van der Waals surface area contributed by atoms with Crippen LogP contribution in [-0.4, -0.2) is 12.6 Å². The van der Waals surface area contributed by atoms with E-state index in [1.54, 1.807) is 0 Å². The van der Waals surface area contributed by atoms with Crippen LogP contribution in [0, 0.1) is 6.92 Å². The molecular formula is C17H21NO2. The summed E-state index contributed by atoms with van der Waals surface area (Å²) in [4.78, 5) is 0. The Morgan fingerprint density at radius 3 is 2.65 bits per heavy atom. The van der Waals surface area contributed by atoms with Gasteiger partial charge in [0.2, 0.25) is 0 Å². The summed E-state index contributed by atoms with van der Waals surface area (Å²) in [5, 5.41) is 3.33. The van der Waals surface area contributed by atoms with Crippen LogP contribution in [-0.2, 0) is 6.42 Å². The molecule has 1 aliphatic rings. The van der Waals surface area contributed by atoms with Crippen LogP contribution in [0.15, 0.2) is 34.7 Å². The summed E-state index contributed by atoms with van der Waals surface area (Å²) in [6.45, 7) is 6.21. The van der Waals surface area contributed by atoms with Gasteiger partial charge >= 0.3 is 0 Å². The van der Waals surface area contributed by atoms with E-state index in [-0.39, 0.29) is 11.6 Å². The molecule has 0 amide bonds. The topological polar surface area (TPSA) is 34.4 Å². The lowest BCUT2D eigenvalue weighted by molar-refractivity contribution is 0.138. The molecule has 0 spiro atoms. The number of furan rings is 1. The van der Waals surface area contributed by atoms with Gasteiger partial charge in [-0.1, -0.05) is 6.07 Å². The van der Waals surface area contributed by atoms with E-state index in [0.29, 0.717) is 0 Å². The molecule has 0 radical (unpaired) electrons. The normalized spacial score (nSPS) is 17.6. The molecule has 2 aromatic rings. The van der Waals surface area contributed by atoms with E-state index in [9.17, 15) is 0 Å². The van der Waals surface area contributed by atoms with Gasteiger partial charge in [-0.2, -0.15) is 0 Å². The van der Waals surface area contributed by atoms with Crippen LogP contribution in [0.2, 0.25) is 0 Å². The van der Waals surface area contributed by atoms with Crippen molar-refractivity contribution < 1.29 is 9.15 Å². The summed E-state index contributed by atoms with van der Waals surface area (Å²) in [7, 11) is 1.95. The summed E-state index contributed by atoms with van der Waals surface area (Å²) >= 11 is 0. The average molecular weight is 271 g/mol. The molecule has 0 saturated heterocycles. The van der Waals surface area contributed by atoms with E-state index < -0.39 is 0 Å². The van der Waals surface area contributed by atoms with E-state index in [4.69, 9.17) is 9.15 Å². The highest BCUT2D eigenvalue weighted by Gasteiger charge is 2.30. The number of benzene rings is 1. The molecule has 3 nitrogen and oxygen atoms in total. The van der Waals surface area contributed by atoms with Crippen molar-refractivity contribution in [3.05, 3.63) is 53.0 Å². The molecule has 1 aliphatic heterocycles. The predicted octanol–water partition coefficient (Wildman–Crippen LogP) is 3.61. The first kappa shape index (κ1) is 13.3. The van der Waals surface area contributed by atoms with Gasteiger partial charge in [-0.25, -0.2) is 0 Å². The van der Waals surface area contributed by atoms with Gasteiger partial charge in [0.1, 0.15) is 22.9 Å². The number of nitrogens with one attached hydrogen (secondary N) is 1. The Balaban J connectivity index is 1.95. The first-order valence-electron chi connectivity index (χ1n) is 7.04. The third kappa shape index (κ3) is 2.34. The van der Waals surface area contributed by atoms with Gasteiger partial charge < -0.3 is 14.5 Å². The highest BCUT2D eigenvalue weighted by atomic mass is 16.5. The predicted molar refractivity (Wildman–Crippen MR) is 79.2 cm³/mol. The zero-order chi connectivity index (χ0) is 14.3. The zero-order valence-electron chi connectivity index (χ0n) is 12.5. The molecule has 106 valence electrons. The average Bonchev–Trinajstić information content (AvgIpc) is 2.91. The monoisotopic (exact) mass is 271 g/mol. The highest BCUT2D eigenvalue weighted by molar-refractivity contribution is 5.44. The summed E-state index contributed by atoms with van der Waals surface area (Å²) in [6, 6.07) is 10.5. The fourth-order valence-electron chi connectivity index (χ4n) is 2.89. The summed E-state index contributed by atoms with van der Waals surface area (Å²) in [6.07, 6.45) is 0.948. The Bertz CT molecular complexity index is 628. The van der Waals surface area contributed by atoms with Crippen molar-refractivity contribution in [2.24, 2.45) is 0 Å². The maximum atomic E-state index is 5.93. The van der Waals surface area contributed by atoms with Crippen LogP contribution in [0.1, 0.15) is 42.5 Å². The van der Waals surface area contributed by atoms with Crippen LogP contribution >= 0.6 is 0 Å². The lowest BCUT2D eigenvalue weighted by Crippen LogP contribution is -2.24. The minimum atomic E-state index is -0.0998. The second-order valence-electron chi connectivity index (χ2n) is 6.08. The van der Waals surface area contributed by atoms with Crippen LogP contribution in [0.4, 0.5) is 0 Å². The molecule has 1 N–H and O–H groups in total. The fraction of sp³-hybridized carbons (Fsp3) is 0.412. The van der Waals surface area contributed by atoms with Crippen molar-refractivity contribution >= 4 is 0 Å². The smallest absolute Gasteiger partial charge is 0.125 e. The van der Waals surface area contributed by atoms with Gasteiger partial charge in [-0.05, 0) is 63.2 Å². The maximum Gasteiger partial charge on any atom is 0.125 e. The molecule has 0 bridgehead atoms. The summed E-state index contributed by atoms with van der Waals surface area (Å²) < 4.78 is 11.7. The van der Waals surface area contributed by atoms with E-state index in [0.717, 1.165) is 23.7 Å².